The summed E-state index contributed by atoms with van der Waals surface area (Å²) in [5.41, 5.74) is -1.52. The fraction of sp³-hybridized carbons (Fsp3) is 0.440. The molecule has 0 fully saturated rings. The Morgan fingerprint density at radius 3 is 2.16 bits per heavy atom. The number of halogens is 5. The second-order valence-electron chi connectivity index (χ2n) is 9.75. The zero-order valence-corrected chi connectivity index (χ0v) is 23.9. The zero-order chi connectivity index (χ0) is 29.1. The van der Waals surface area contributed by atoms with Gasteiger partial charge in [-0.15, -0.1) is 0 Å². The van der Waals surface area contributed by atoms with E-state index in [0.717, 1.165) is 24.5 Å². The third-order valence-electron chi connectivity index (χ3n) is 5.36. The number of hydrogen-bond donors (Lipinski definition) is 1. The molecule has 210 valence electrons. The molecule has 0 aliphatic rings. The van der Waals surface area contributed by atoms with Gasteiger partial charge in [0.25, 0.3) is 0 Å². The van der Waals surface area contributed by atoms with E-state index >= 15 is 0 Å². The van der Waals surface area contributed by atoms with Crippen LogP contribution in [-0.2, 0) is 32.3 Å². The van der Waals surface area contributed by atoms with Gasteiger partial charge in [-0.3, -0.25) is 13.9 Å². The summed E-state index contributed by atoms with van der Waals surface area (Å²) in [7, 11) is -4.20. The van der Waals surface area contributed by atoms with Crippen LogP contribution in [0.3, 0.4) is 0 Å². The van der Waals surface area contributed by atoms with E-state index in [-0.39, 0.29) is 28.7 Å². The highest BCUT2D eigenvalue weighted by atomic mass is 35.5. The summed E-state index contributed by atoms with van der Waals surface area (Å²) in [6.07, 6.45) is -3.76. The minimum absolute atomic E-state index is 0.133. The zero-order valence-electron chi connectivity index (χ0n) is 21.6. The summed E-state index contributed by atoms with van der Waals surface area (Å²) >= 11 is 12.1. The molecule has 2 aromatic carbocycles. The highest BCUT2D eigenvalue weighted by Gasteiger charge is 2.35. The van der Waals surface area contributed by atoms with E-state index in [9.17, 15) is 31.2 Å². The van der Waals surface area contributed by atoms with E-state index < -0.39 is 51.7 Å². The lowest BCUT2D eigenvalue weighted by atomic mass is 10.1. The van der Waals surface area contributed by atoms with Gasteiger partial charge in [0.15, 0.2) is 0 Å². The van der Waals surface area contributed by atoms with Crippen LogP contribution < -0.4 is 9.62 Å². The van der Waals surface area contributed by atoms with E-state index in [4.69, 9.17) is 23.2 Å². The second-order valence-corrected chi connectivity index (χ2v) is 12.5. The molecular formula is C25H30Cl2F3N3O4S. The molecule has 0 unspecified atom stereocenters. The minimum atomic E-state index is -4.72. The number of benzene rings is 2. The van der Waals surface area contributed by atoms with Crippen LogP contribution >= 0.6 is 23.2 Å². The van der Waals surface area contributed by atoms with E-state index in [1.165, 1.54) is 17.0 Å². The van der Waals surface area contributed by atoms with Crippen molar-refractivity contribution < 1.29 is 31.2 Å². The molecular weight excluding hydrogens is 566 g/mol. The molecule has 0 heterocycles. The Balaban J connectivity index is 2.53. The molecule has 1 N–H and O–H groups in total. The van der Waals surface area contributed by atoms with Crippen LogP contribution in [0.25, 0.3) is 0 Å². The molecule has 2 amide bonds. The highest BCUT2D eigenvalue weighted by Crippen LogP contribution is 2.32. The molecule has 0 radical (unpaired) electrons. The topological polar surface area (TPSA) is 86.8 Å². The fourth-order valence-corrected chi connectivity index (χ4v) is 4.82. The van der Waals surface area contributed by atoms with Crippen molar-refractivity contribution in [3.8, 4) is 0 Å². The molecule has 0 aliphatic heterocycles. The first-order chi connectivity index (χ1) is 17.3. The molecule has 0 aromatic heterocycles. The fourth-order valence-electron chi connectivity index (χ4n) is 3.66. The Labute approximate surface area is 230 Å². The van der Waals surface area contributed by atoms with Crippen LogP contribution in [0.5, 0.6) is 0 Å². The van der Waals surface area contributed by atoms with Crippen LogP contribution in [0.4, 0.5) is 18.9 Å². The van der Waals surface area contributed by atoms with Gasteiger partial charge in [-0.2, -0.15) is 13.2 Å². The number of hydrogen-bond acceptors (Lipinski definition) is 4. The number of carbonyl (C=O) groups excluding carboxylic acids is 2. The third-order valence-corrected chi connectivity index (χ3v) is 7.24. The van der Waals surface area contributed by atoms with Gasteiger partial charge < -0.3 is 10.2 Å². The van der Waals surface area contributed by atoms with Crippen molar-refractivity contribution in [3.63, 3.8) is 0 Å². The van der Waals surface area contributed by atoms with Crippen molar-refractivity contribution in [2.75, 3.05) is 17.1 Å². The smallest absolute Gasteiger partial charge is 0.350 e. The summed E-state index contributed by atoms with van der Waals surface area (Å²) in [5.74, 6) is -1.27. The maximum atomic E-state index is 13.6. The first-order valence-electron chi connectivity index (χ1n) is 11.5. The van der Waals surface area contributed by atoms with Crippen molar-refractivity contribution in [2.24, 2.45) is 0 Å². The maximum absolute atomic E-state index is 13.6. The summed E-state index contributed by atoms with van der Waals surface area (Å²) in [4.78, 5) is 28.0. The minimum Gasteiger partial charge on any atom is -0.350 e. The van der Waals surface area contributed by atoms with Crippen LogP contribution in [0.2, 0.25) is 10.0 Å². The van der Waals surface area contributed by atoms with Gasteiger partial charge in [0.05, 0.1) is 27.6 Å². The Bertz CT molecular complexity index is 1280. The van der Waals surface area contributed by atoms with Crippen LogP contribution in [-0.4, -0.2) is 49.5 Å². The van der Waals surface area contributed by atoms with Gasteiger partial charge in [-0.1, -0.05) is 42.3 Å². The Morgan fingerprint density at radius 1 is 1.03 bits per heavy atom. The average molecular weight is 596 g/mol. The van der Waals surface area contributed by atoms with Crippen molar-refractivity contribution in [2.45, 2.75) is 58.4 Å². The van der Waals surface area contributed by atoms with Gasteiger partial charge in [-0.05, 0) is 63.1 Å². The summed E-state index contributed by atoms with van der Waals surface area (Å²) in [6, 6.07) is 7.29. The SMILES string of the molecule is CC[C@H](C(=O)NC(C)(C)C)N(Cc1ccc(Cl)c(Cl)c1)C(=O)CN(c1cccc(C(F)(F)F)c1)S(C)(=O)=O. The number of carbonyl (C=O) groups is 2. The predicted molar refractivity (Wildman–Crippen MR) is 143 cm³/mol. The number of nitrogens with zero attached hydrogens (tertiary/aromatic N) is 2. The van der Waals surface area contributed by atoms with Crippen molar-refractivity contribution in [1.82, 2.24) is 10.2 Å². The number of sulfonamides is 1. The quantitative estimate of drug-likeness (QED) is 0.414. The lowest BCUT2D eigenvalue weighted by molar-refractivity contribution is -0.141. The molecule has 1 atom stereocenters. The van der Waals surface area contributed by atoms with Crippen molar-refractivity contribution in [1.29, 1.82) is 0 Å². The molecule has 0 saturated heterocycles. The number of nitrogens with one attached hydrogen (secondary N) is 1. The maximum Gasteiger partial charge on any atom is 0.416 e. The van der Waals surface area contributed by atoms with Crippen LogP contribution in [0.1, 0.15) is 45.2 Å². The van der Waals surface area contributed by atoms with E-state index in [1.807, 2.05) is 0 Å². The number of anilines is 1. The first kappa shape index (κ1) is 31.7. The Hall–Kier alpha value is -2.50. The monoisotopic (exact) mass is 595 g/mol. The van der Waals surface area contributed by atoms with Gasteiger partial charge >= 0.3 is 6.18 Å². The first-order valence-corrected chi connectivity index (χ1v) is 14.1. The highest BCUT2D eigenvalue weighted by molar-refractivity contribution is 7.92. The molecule has 0 bridgehead atoms. The number of amides is 2. The standard InChI is InChI=1S/C25H30Cl2F3N3O4S/c1-6-21(23(35)31-24(2,3)4)32(14-16-10-11-19(26)20(27)12-16)22(34)15-33(38(5,36)37)18-9-7-8-17(13-18)25(28,29)30/h7-13,21H,6,14-15H2,1-5H3,(H,31,35)/t21-/m1/s1. The summed E-state index contributed by atoms with van der Waals surface area (Å²) in [6.45, 7) is 6.02. The van der Waals surface area contributed by atoms with Crippen LogP contribution in [0, 0.1) is 0 Å². The lowest BCUT2D eigenvalue weighted by Gasteiger charge is -2.34. The molecule has 0 spiro atoms. The number of rotatable bonds is 9. The normalized spacial score (nSPS) is 13.1. The predicted octanol–water partition coefficient (Wildman–Crippen LogP) is 5.50. The van der Waals surface area contributed by atoms with Crippen molar-refractivity contribution >= 4 is 50.7 Å². The Morgan fingerprint density at radius 2 is 1.66 bits per heavy atom. The second kappa shape index (κ2) is 12.1. The molecule has 0 saturated carbocycles. The van der Waals surface area contributed by atoms with E-state index in [0.29, 0.717) is 15.9 Å². The summed E-state index contributed by atoms with van der Waals surface area (Å²) in [5, 5.41) is 3.30. The Kier molecular flexibility index (Phi) is 10.1. The molecule has 13 heteroatoms. The van der Waals surface area contributed by atoms with E-state index in [2.05, 4.69) is 5.32 Å². The largest absolute Gasteiger partial charge is 0.416 e. The molecule has 2 aromatic rings. The molecule has 2 rings (SSSR count). The summed E-state index contributed by atoms with van der Waals surface area (Å²) < 4.78 is 65.7. The number of alkyl halides is 3. The molecule has 7 nitrogen and oxygen atoms in total. The van der Waals surface area contributed by atoms with Gasteiger partial charge in [0, 0.05) is 12.1 Å². The lowest BCUT2D eigenvalue weighted by Crippen LogP contribution is -2.55. The third kappa shape index (κ3) is 8.78. The van der Waals surface area contributed by atoms with Crippen LogP contribution in [0.15, 0.2) is 42.5 Å². The van der Waals surface area contributed by atoms with Gasteiger partial charge in [-0.25, -0.2) is 8.42 Å². The molecule has 0 aliphatic carbocycles. The molecule has 38 heavy (non-hydrogen) atoms. The van der Waals surface area contributed by atoms with Gasteiger partial charge in [0.1, 0.15) is 12.6 Å². The van der Waals surface area contributed by atoms with E-state index in [1.54, 1.807) is 33.8 Å². The van der Waals surface area contributed by atoms with Crippen molar-refractivity contribution in [3.05, 3.63) is 63.6 Å². The average Bonchev–Trinajstić information content (AvgIpc) is 2.77. The van der Waals surface area contributed by atoms with Gasteiger partial charge in [0.2, 0.25) is 21.8 Å².